The second-order valence-corrected chi connectivity index (χ2v) is 3.88. The summed E-state index contributed by atoms with van der Waals surface area (Å²) in [4.78, 5) is 32.5. The van der Waals surface area contributed by atoms with Crippen molar-refractivity contribution in [2.24, 2.45) is 5.73 Å². The predicted octanol–water partition coefficient (Wildman–Crippen LogP) is 1.01. The zero-order valence-electron chi connectivity index (χ0n) is 9.41. The molecule has 0 radical (unpaired) electrons. The van der Waals surface area contributed by atoms with Gasteiger partial charge in [-0.15, -0.1) is 0 Å². The highest BCUT2D eigenvalue weighted by Crippen LogP contribution is 2.05. The molecule has 0 bridgehead atoms. The Labute approximate surface area is 90.2 Å². The van der Waals surface area contributed by atoms with Gasteiger partial charge in [-0.25, -0.2) is 0 Å². The molecule has 2 N–H and O–H groups in total. The first-order valence-corrected chi connectivity index (χ1v) is 5.20. The van der Waals surface area contributed by atoms with Crippen molar-refractivity contribution in [1.29, 1.82) is 0 Å². The van der Waals surface area contributed by atoms with Crippen LogP contribution in [0.3, 0.4) is 0 Å². The van der Waals surface area contributed by atoms with E-state index >= 15 is 0 Å². The molecular formula is C11H19NO3. The molecule has 0 spiro atoms. The topological polar surface area (TPSA) is 77.2 Å². The molecule has 0 heterocycles. The van der Waals surface area contributed by atoms with Crippen molar-refractivity contribution in [1.82, 2.24) is 0 Å². The van der Waals surface area contributed by atoms with Crippen LogP contribution < -0.4 is 5.73 Å². The number of unbranched alkanes of at least 4 members (excludes halogenated alkanes) is 1. The van der Waals surface area contributed by atoms with Crippen molar-refractivity contribution in [3.05, 3.63) is 0 Å². The Morgan fingerprint density at radius 3 is 2.20 bits per heavy atom. The van der Waals surface area contributed by atoms with Gasteiger partial charge in [-0.05, 0) is 26.7 Å². The first-order chi connectivity index (χ1) is 6.93. The molecule has 0 aromatic rings. The van der Waals surface area contributed by atoms with Crippen LogP contribution in [0.15, 0.2) is 0 Å². The van der Waals surface area contributed by atoms with Crippen molar-refractivity contribution in [2.45, 2.75) is 52.0 Å². The summed E-state index contributed by atoms with van der Waals surface area (Å²) in [5.74, 6) is -0.149. The number of carbonyl (C=O) groups is 3. The molecular weight excluding hydrogens is 194 g/mol. The minimum absolute atomic E-state index is 0.0231. The van der Waals surface area contributed by atoms with E-state index in [9.17, 15) is 14.4 Å². The Bertz CT molecular complexity index is 248. The molecule has 1 atom stereocenters. The number of Topliss-reactive ketones (excluding diaryl/α,β-unsaturated/α-hetero) is 3. The molecule has 0 amide bonds. The quantitative estimate of drug-likeness (QED) is 0.482. The van der Waals surface area contributed by atoms with Gasteiger partial charge in [-0.2, -0.15) is 0 Å². The molecule has 1 unspecified atom stereocenters. The molecule has 0 rings (SSSR count). The fourth-order valence-electron chi connectivity index (χ4n) is 1.26. The molecule has 0 saturated carbocycles. The molecule has 0 aromatic heterocycles. The first-order valence-electron chi connectivity index (χ1n) is 5.20. The maximum Gasteiger partial charge on any atom is 0.146 e. The highest BCUT2D eigenvalue weighted by molar-refractivity contribution is 5.97. The van der Waals surface area contributed by atoms with Crippen molar-refractivity contribution < 1.29 is 14.4 Å². The predicted molar refractivity (Wildman–Crippen MR) is 57.4 cm³/mol. The summed E-state index contributed by atoms with van der Waals surface area (Å²) in [6.07, 6.45) is 2.50. The van der Waals surface area contributed by atoms with E-state index in [1.165, 1.54) is 13.8 Å². The molecule has 4 heteroatoms. The largest absolute Gasteiger partial charge is 0.322 e. The Morgan fingerprint density at radius 2 is 1.73 bits per heavy atom. The van der Waals surface area contributed by atoms with Crippen LogP contribution >= 0.6 is 0 Å². The molecule has 0 aliphatic heterocycles. The Hall–Kier alpha value is -1.03. The van der Waals surface area contributed by atoms with Crippen LogP contribution in [0, 0.1) is 0 Å². The van der Waals surface area contributed by atoms with Gasteiger partial charge >= 0.3 is 0 Å². The average Bonchev–Trinajstić information content (AvgIpc) is 2.10. The van der Waals surface area contributed by atoms with E-state index in [-0.39, 0.29) is 23.8 Å². The van der Waals surface area contributed by atoms with Crippen molar-refractivity contribution in [3.8, 4) is 0 Å². The molecule has 0 fully saturated rings. The second kappa shape index (κ2) is 7.29. The third kappa shape index (κ3) is 8.00. The van der Waals surface area contributed by atoms with Crippen LogP contribution in [0.4, 0.5) is 0 Å². The van der Waals surface area contributed by atoms with Gasteiger partial charge in [0.25, 0.3) is 0 Å². The van der Waals surface area contributed by atoms with Crippen LogP contribution in [0.25, 0.3) is 0 Å². The number of rotatable bonds is 8. The third-order valence-electron chi connectivity index (χ3n) is 2.19. The standard InChI is InChI=1S/C11H19NO3/c1-8(13)7-10(15)5-3-4-6-11(12)9(2)14/h11H,3-7,12H2,1-2H3. The van der Waals surface area contributed by atoms with Gasteiger partial charge in [0.2, 0.25) is 0 Å². The van der Waals surface area contributed by atoms with E-state index in [1.807, 2.05) is 0 Å². The van der Waals surface area contributed by atoms with Gasteiger partial charge < -0.3 is 5.73 Å². The van der Waals surface area contributed by atoms with Crippen molar-refractivity contribution >= 4 is 17.3 Å². The average molecular weight is 213 g/mol. The summed E-state index contributed by atoms with van der Waals surface area (Å²) in [7, 11) is 0. The SMILES string of the molecule is CC(=O)CC(=O)CCCCC(N)C(C)=O. The lowest BCUT2D eigenvalue weighted by molar-refractivity contribution is -0.126. The Kier molecular flexibility index (Phi) is 6.79. The maximum atomic E-state index is 11.1. The second-order valence-electron chi connectivity index (χ2n) is 3.88. The van der Waals surface area contributed by atoms with Crippen LogP contribution in [-0.2, 0) is 14.4 Å². The van der Waals surface area contributed by atoms with Gasteiger partial charge in [-0.3, -0.25) is 14.4 Å². The Balaban J connectivity index is 3.50. The lowest BCUT2D eigenvalue weighted by Crippen LogP contribution is -2.27. The van der Waals surface area contributed by atoms with Gasteiger partial charge in [0.1, 0.15) is 17.3 Å². The highest BCUT2D eigenvalue weighted by Gasteiger charge is 2.08. The van der Waals surface area contributed by atoms with Gasteiger partial charge in [0.15, 0.2) is 0 Å². The number of hydrogen-bond donors (Lipinski definition) is 1. The van der Waals surface area contributed by atoms with E-state index in [4.69, 9.17) is 5.73 Å². The maximum absolute atomic E-state index is 11.1. The third-order valence-corrected chi connectivity index (χ3v) is 2.19. The van der Waals surface area contributed by atoms with Crippen LogP contribution in [0.2, 0.25) is 0 Å². The summed E-state index contributed by atoms with van der Waals surface area (Å²) in [5.41, 5.74) is 5.53. The summed E-state index contributed by atoms with van der Waals surface area (Å²) >= 11 is 0. The molecule has 0 saturated heterocycles. The zero-order chi connectivity index (χ0) is 11.8. The first kappa shape index (κ1) is 14.0. The number of nitrogens with two attached hydrogens (primary N) is 1. The summed E-state index contributed by atoms with van der Waals surface area (Å²) in [6.45, 7) is 2.87. The summed E-state index contributed by atoms with van der Waals surface area (Å²) < 4.78 is 0. The minimum atomic E-state index is -0.409. The number of ketones is 3. The smallest absolute Gasteiger partial charge is 0.146 e. The van der Waals surface area contributed by atoms with E-state index in [0.29, 0.717) is 19.3 Å². The minimum Gasteiger partial charge on any atom is -0.322 e. The summed E-state index contributed by atoms with van der Waals surface area (Å²) in [5, 5.41) is 0. The van der Waals surface area contributed by atoms with Gasteiger partial charge in [-0.1, -0.05) is 6.42 Å². The van der Waals surface area contributed by atoms with E-state index < -0.39 is 6.04 Å². The van der Waals surface area contributed by atoms with Crippen LogP contribution in [0.5, 0.6) is 0 Å². The van der Waals surface area contributed by atoms with Crippen molar-refractivity contribution in [3.63, 3.8) is 0 Å². The van der Waals surface area contributed by atoms with Gasteiger partial charge in [0, 0.05) is 6.42 Å². The molecule has 4 nitrogen and oxygen atoms in total. The lowest BCUT2D eigenvalue weighted by atomic mass is 10.0. The zero-order valence-corrected chi connectivity index (χ0v) is 9.41. The number of carbonyl (C=O) groups excluding carboxylic acids is 3. The monoisotopic (exact) mass is 213 g/mol. The van der Waals surface area contributed by atoms with Crippen LogP contribution in [-0.4, -0.2) is 23.4 Å². The molecule has 0 aliphatic carbocycles. The molecule has 15 heavy (non-hydrogen) atoms. The molecule has 86 valence electrons. The molecule has 0 aromatic carbocycles. The number of hydrogen-bond acceptors (Lipinski definition) is 4. The highest BCUT2D eigenvalue weighted by atomic mass is 16.1. The Morgan fingerprint density at radius 1 is 1.13 bits per heavy atom. The fourth-order valence-corrected chi connectivity index (χ4v) is 1.26. The molecule has 0 aliphatic rings. The van der Waals surface area contributed by atoms with Crippen molar-refractivity contribution in [2.75, 3.05) is 0 Å². The van der Waals surface area contributed by atoms with E-state index in [0.717, 1.165) is 6.42 Å². The van der Waals surface area contributed by atoms with E-state index in [1.54, 1.807) is 0 Å². The van der Waals surface area contributed by atoms with Gasteiger partial charge in [0.05, 0.1) is 12.5 Å². The summed E-state index contributed by atoms with van der Waals surface area (Å²) in [6, 6.07) is -0.409. The normalized spacial score (nSPS) is 12.2. The lowest BCUT2D eigenvalue weighted by Gasteiger charge is -2.06. The fraction of sp³-hybridized carbons (Fsp3) is 0.727. The van der Waals surface area contributed by atoms with E-state index in [2.05, 4.69) is 0 Å². The van der Waals surface area contributed by atoms with Crippen LogP contribution in [0.1, 0.15) is 46.0 Å².